The van der Waals surface area contributed by atoms with Crippen LogP contribution in [-0.2, 0) is 0 Å². The molecule has 0 aromatic rings. The van der Waals surface area contributed by atoms with Gasteiger partial charge in [0.25, 0.3) is 0 Å². The third kappa shape index (κ3) is 3.18. The van der Waals surface area contributed by atoms with E-state index in [0.29, 0.717) is 0 Å². The van der Waals surface area contributed by atoms with Crippen molar-refractivity contribution < 1.29 is 0 Å². The summed E-state index contributed by atoms with van der Waals surface area (Å²) in [5.74, 6) is 0. The standard InChI is InChI=1S/C6H5I3S/c7-4-1-5(8)3-6(9,10)2-4/h1-2,10H,3H2. The summed E-state index contributed by atoms with van der Waals surface area (Å²) in [4.78, 5) is 0. The summed E-state index contributed by atoms with van der Waals surface area (Å²) in [7, 11) is 0. The SMILES string of the molecule is SC1(I)C=C(I)C=C(I)C1. The van der Waals surface area contributed by atoms with E-state index in [2.05, 4.69) is 92.6 Å². The van der Waals surface area contributed by atoms with Crippen molar-refractivity contribution in [3.63, 3.8) is 0 Å². The van der Waals surface area contributed by atoms with E-state index < -0.39 is 0 Å². The molecule has 0 spiro atoms. The molecule has 1 aliphatic carbocycles. The third-order valence-electron chi connectivity index (χ3n) is 1.07. The maximum Gasteiger partial charge on any atom is 0.0880 e. The number of alkyl halides is 1. The Hall–Kier alpha value is 2.02. The summed E-state index contributed by atoms with van der Waals surface area (Å²) in [6.45, 7) is 0. The van der Waals surface area contributed by atoms with Crippen molar-refractivity contribution in [3.05, 3.63) is 19.3 Å². The Balaban J connectivity index is 2.88. The lowest BCUT2D eigenvalue weighted by atomic mass is 10.2. The first-order chi connectivity index (χ1) is 4.49. The van der Waals surface area contributed by atoms with Crippen molar-refractivity contribution >= 4 is 80.4 Å². The van der Waals surface area contributed by atoms with E-state index in [1.807, 2.05) is 0 Å². The van der Waals surface area contributed by atoms with Crippen LogP contribution >= 0.6 is 80.4 Å². The van der Waals surface area contributed by atoms with Gasteiger partial charge in [0, 0.05) is 10.0 Å². The van der Waals surface area contributed by atoms with Crippen LogP contribution < -0.4 is 0 Å². The van der Waals surface area contributed by atoms with E-state index in [9.17, 15) is 0 Å². The second-order valence-corrected chi connectivity index (χ2v) is 8.32. The maximum atomic E-state index is 4.50. The van der Waals surface area contributed by atoms with Gasteiger partial charge in [0.1, 0.15) is 0 Å². The van der Waals surface area contributed by atoms with Gasteiger partial charge in [0.05, 0.1) is 2.75 Å². The molecule has 0 nitrogen and oxygen atoms in total. The molecule has 1 aliphatic rings. The van der Waals surface area contributed by atoms with Crippen molar-refractivity contribution in [2.45, 2.75) is 9.17 Å². The zero-order chi connectivity index (χ0) is 7.78. The molecule has 1 unspecified atom stereocenters. The molecule has 0 aromatic carbocycles. The lowest BCUT2D eigenvalue weighted by molar-refractivity contribution is 1.03. The molecule has 4 heteroatoms. The Morgan fingerprint density at radius 1 is 1.50 bits per heavy atom. The molecule has 0 radical (unpaired) electrons. The molecule has 1 atom stereocenters. The highest BCUT2D eigenvalue weighted by molar-refractivity contribution is 14.1. The molecule has 56 valence electrons. The van der Waals surface area contributed by atoms with E-state index in [1.54, 1.807) is 0 Å². The summed E-state index contributed by atoms with van der Waals surface area (Å²) in [5, 5.41) is 0. The molecule has 10 heavy (non-hydrogen) atoms. The second kappa shape index (κ2) is 3.82. The molecule has 0 heterocycles. The van der Waals surface area contributed by atoms with Crippen LogP contribution in [0.5, 0.6) is 0 Å². The highest BCUT2D eigenvalue weighted by atomic mass is 127. The smallest absolute Gasteiger partial charge is 0.0880 e. The van der Waals surface area contributed by atoms with Gasteiger partial charge in [-0.15, -0.1) is 0 Å². The average molecular weight is 490 g/mol. The number of hydrogen-bond donors (Lipinski definition) is 1. The summed E-state index contributed by atoms with van der Waals surface area (Å²) in [5.41, 5.74) is 0. The van der Waals surface area contributed by atoms with Gasteiger partial charge >= 0.3 is 0 Å². The van der Waals surface area contributed by atoms with Crippen molar-refractivity contribution in [3.8, 4) is 0 Å². The fourth-order valence-electron chi connectivity index (χ4n) is 0.741. The molecular formula is C6H5I3S. The largest absolute Gasteiger partial charge is 0.157 e. The first-order valence-corrected chi connectivity index (χ1v) is 6.34. The monoisotopic (exact) mass is 490 g/mol. The molecule has 0 N–H and O–H groups in total. The van der Waals surface area contributed by atoms with E-state index in [0.717, 1.165) is 6.42 Å². The molecule has 0 aromatic heterocycles. The van der Waals surface area contributed by atoms with Gasteiger partial charge in [0.15, 0.2) is 0 Å². The lowest BCUT2D eigenvalue weighted by Crippen LogP contribution is -2.10. The van der Waals surface area contributed by atoms with Gasteiger partial charge in [-0.2, -0.15) is 12.6 Å². The molecule has 0 aliphatic heterocycles. The third-order valence-corrected chi connectivity index (χ3v) is 3.37. The minimum absolute atomic E-state index is 0.0412. The fourth-order valence-corrected chi connectivity index (χ4v) is 6.11. The van der Waals surface area contributed by atoms with E-state index >= 15 is 0 Å². The highest BCUT2D eigenvalue weighted by Crippen LogP contribution is 2.41. The topological polar surface area (TPSA) is 0 Å². The Labute approximate surface area is 107 Å². The normalized spacial score (nSPS) is 33.2. The van der Waals surface area contributed by atoms with Crippen molar-refractivity contribution in [2.24, 2.45) is 0 Å². The number of allylic oxidation sites excluding steroid dienone is 3. The van der Waals surface area contributed by atoms with Crippen LogP contribution in [0, 0.1) is 0 Å². The molecular weight excluding hydrogens is 485 g/mol. The fraction of sp³-hybridized carbons (Fsp3) is 0.333. The van der Waals surface area contributed by atoms with Crippen molar-refractivity contribution in [1.82, 2.24) is 0 Å². The number of hydrogen-bond acceptors (Lipinski definition) is 1. The van der Waals surface area contributed by atoms with Gasteiger partial charge in [0.2, 0.25) is 0 Å². The first-order valence-electron chi connectivity index (χ1n) is 2.65. The minimum atomic E-state index is 0.0412. The zero-order valence-electron chi connectivity index (χ0n) is 4.94. The van der Waals surface area contributed by atoms with Gasteiger partial charge in [-0.05, 0) is 60.9 Å². The van der Waals surface area contributed by atoms with Gasteiger partial charge in [-0.25, -0.2) is 0 Å². The van der Waals surface area contributed by atoms with E-state index in [-0.39, 0.29) is 2.75 Å². The quantitative estimate of drug-likeness (QED) is 0.296. The Bertz CT molecular complexity index is 205. The molecule has 0 amide bonds. The second-order valence-electron chi connectivity index (χ2n) is 2.12. The summed E-state index contributed by atoms with van der Waals surface area (Å²) < 4.78 is 2.71. The number of halogens is 3. The summed E-state index contributed by atoms with van der Waals surface area (Å²) in [6.07, 6.45) is 5.41. The molecule has 0 bridgehead atoms. The Kier molecular flexibility index (Phi) is 3.86. The maximum absolute atomic E-state index is 4.50. The molecule has 0 fully saturated rings. The van der Waals surface area contributed by atoms with Crippen LogP contribution in [0.1, 0.15) is 6.42 Å². The predicted molar refractivity (Wildman–Crippen MR) is 74.6 cm³/mol. The lowest BCUT2D eigenvalue weighted by Gasteiger charge is -2.20. The predicted octanol–water partition coefficient (Wildman–Crippen LogP) is 4.09. The van der Waals surface area contributed by atoms with Gasteiger partial charge in [-0.1, -0.05) is 22.6 Å². The molecule has 0 saturated heterocycles. The highest BCUT2D eigenvalue weighted by Gasteiger charge is 2.22. The average Bonchev–Trinajstić information content (AvgIpc) is 1.54. The van der Waals surface area contributed by atoms with Crippen molar-refractivity contribution in [2.75, 3.05) is 0 Å². The van der Waals surface area contributed by atoms with Crippen LogP contribution in [0.2, 0.25) is 0 Å². The van der Waals surface area contributed by atoms with Crippen LogP contribution in [0.3, 0.4) is 0 Å². The van der Waals surface area contributed by atoms with E-state index in [1.165, 1.54) is 7.16 Å². The minimum Gasteiger partial charge on any atom is -0.157 e. The summed E-state index contributed by atoms with van der Waals surface area (Å²) in [6, 6.07) is 0. The van der Waals surface area contributed by atoms with Crippen LogP contribution in [0.4, 0.5) is 0 Å². The number of thiol groups is 1. The van der Waals surface area contributed by atoms with Crippen LogP contribution in [-0.4, -0.2) is 2.75 Å². The van der Waals surface area contributed by atoms with Crippen LogP contribution in [0.25, 0.3) is 0 Å². The molecule has 1 rings (SSSR count). The van der Waals surface area contributed by atoms with Gasteiger partial charge < -0.3 is 0 Å². The van der Waals surface area contributed by atoms with Crippen LogP contribution in [0.15, 0.2) is 19.3 Å². The Morgan fingerprint density at radius 2 is 2.10 bits per heavy atom. The summed E-state index contributed by atoms with van der Waals surface area (Å²) >= 11 is 11.5. The van der Waals surface area contributed by atoms with Crippen molar-refractivity contribution in [1.29, 1.82) is 0 Å². The first kappa shape index (κ1) is 10.1. The van der Waals surface area contributed by atoms with E-state index in [4.69, 9.17) is 0 Å². The zero-order valence-corrected chi connectivity index (χ0v) is 12.3. The number of rotatable bonds is 0. The molecule has 0 saturated carbocycles. The Morgan fingerprint density at radius 3 is 2.50 bits per heavy atom. The van der Waals surface area contributed by atoms with Gasteiger partial charge in [-0.3, -0.25) is 0 Å².